The lowest BCUT2D eigenvalue weighted by molar-refractivity contribution is 0.0853. The molecule has 3 rings (SSSR count). The third-order valence-corrected chi connectivity index (χ3v) is 4.17. The van der Waals surface area contributed by atoms with E-state index in [4.69, 9.17) is 22.1 Å². The zero-order chi connectivity index (χ0) is 14.1. The fraction of sp³-hybridized carbons (Fsp3) is 0.500. The van der Waals surface area contributed by atoms with Gasteiger partial charge in [-0.25, -0.2) is 4.39 Å². The van der Waals surface area contributed by atoms with Crippen LogP contribution in [0, 0.1) is 5.82 Å². The Kier molecular flexibility index (Phi) is 3.81. The summed E-state index contributed by atoms with van der Waals surface area (Å²) in [6, 6.07) is 4.42. The Morgan fingerprint density at radius 3 is 3.05 bits per heavy atom. The van der Waals surface area contributed by atoms with Crippen LogP contribution in [0.4, 0.5) is 4.39 Å². The average molecular weight is 298 g/mol. The average Bonchev–Trinajstić information content (AvgIpc) is 3.03. The van der Waals surface area contributed by atoms with Crippen molar-refractivity contribution < 1.29 is 9.13 Å². The molecule has 4 nitrogen and oxygen atoms in total. The van der Waals surface area contributed by atoms with Crippen LogP contribution in [0.25, 0.3) is 0 Å². The van der Waals surface area contributed by atoms with Gasteiger partial charge in [-0.15, -0.1) is 0 Å². The van der Waals surface area contributed by atoms with E-state index in [1.165, 1.54) is 12.1 Å². The van der Waals surface area contributed by atoms with Gasteiger partial charge in [-0.05, 0) is 30.5 Å². The number of rotatable bonds is 3. The van der Waals surface area contributed by atoms with Crippen LogP contribution >= 0.6 is 11.6 Å². The highest BCUT2D eigenvalue weighted by Gasteiger charge is 2.32. The molecule has 0 saturated carbocycles. The van der Waals surface area contributed by atoms with E-state index in [1.54, 1.807) is 6.07 Å². The Morgan fingerprint density at radius 1 is 1.50 bits per heavy atom. The van der Waals surface area contributed by atoms with Crippen molar-refractivity contribution in [3.05, 3.63) is 34.6 Å². The van der Waals surface area contributed by atoms with Crippen molar-refractivity contribution in [2.75, 3.05) is 19.7 Å². The van der Waals surface area contributed by atoms with E-state index < -0.39 is 0 Å². The summed E-state index contributed by atoms with van der Waals surface area (Å²) in [4.78, 5) is 6.30. The second kappa shape index (κ2) is 5.58. The van der Waals surface area contributed by atoms with E-state index in [0.717, 1.165) is 25.0 Å². The van der Waals surface area contributed by atoms with E-state index in [1.807, 2.05) is 4.90 Å². The van der Waals surface area contributed by atoms with Gasteiger partial charge < -0.3 is 15.4 Å². The molecule has 1 aromatic rings. The van der Waals surface area contributed by atoms with Crippen LogP contribution in [-0.2, 0) is 4.74 Å². The summed E-state index contributed by atoms with van der Waals surface area (Å²) in [6.45, 7) is 2.05. The second-order valence-corrected chi connectivity index (χ2v) is 5.58. The third-order valence-electron chi connectivity index (χ3n) is 3.84. The van der Waals surface area contributed by atoms with Gasteiger partial charge in [0.25, 0.3) is 0 Å². The topological polar surface area (TPSA) is 50.8 Å². The lowest BCUT2D eigenvalue weighted by Gasteiger charge is -2.29. The summed E-state index contributed by atoms with van der Waals surface area (Å²) in [7, 11) is 0. The highest BCUT2D eigenvalue weighted by Crippen LogP contribution is 2.32. The van der Waals surface area contributed by atoms with E-state index in [9.17, 15) is 4.39 Å². The Morgan fingerprint density at radius 2 is 2.35 bits per heavy atom. The molecule has 6 heteroatoms. The molecule has 108 valence electrons. The van der Waals surface area contributed by atoms with Crippen LogP contribution < -0.4 is 5.73 Å². The number of nitrogens with two attached hydrogens (primary N) is 1. The maximum atomic E-state index is 13.2. The molecular formula is C14H17ClFN3O. The van der Waals surface area contributed by atoms with Crippen LogP contribution in [0.15, 0.2) is 23.2 Å². The summed E-state index contributed by atoms with van der Waals surface area (Å²) in [5, 5.41) is 0.414. The first-order chi connectivity index (χ1) is 9.65. The minimum Gasteiger partial charge on any atom is -0.376 e. The van der Waals surface area contributed by atoms with Gasteiger partial charge in [-0.2, -0.15) is 0 Å². The standard InChI is InChI=1S/C14H17ClFN3O/c15-12-6-9(16)3-4-11(12)13-7-18-14(17)19(13)8-10-2-1-5-20-10/h3-4,6,10,13H,1-2,5,7-8H2,(H2,17,18). The Bertz CT molecular complexity index is 531. The van der Waals surface area contributed by atoms with Gasteiger partial charge in [0.15, 0.2) is 5.96 Å². The Labute approximate surface area is 122 Å². The summed E-state index contributed by atoms with van der Waals surface area (Å²) >= 11 is 6.15. The monoisotopic (exact) mass is 297 g/mol. The van der Waals surface area contributed by atoms with Crippen molar-refractivity contribution >= 4 is 17.6 Å². The quantitative estimate of drug-likeness (QED) is 0.931. The van der Waals surface area contributed by atoms with Crippen LogP contribution in [0.1, 0.15) is 24.4 Å². The van der Waals surface area contributed by atoms with Gasteiger partial charge >= 0.3 is 0 Å². The molecule has 0 spiro atoms. The molecule has 1 saturated heterocycles. The lowest BCUT2D eigenvalue weighted by Crippen LogP contribution is -2.41. The highest BCUT2D eigenvalue weighted by molar-refractivity contribution is 6.31. The minimum absolute atomic E-state index is 0.0349. The number of ether oxygens (including phenoxy) is 1. The van der Waals surface area contributed by atoms with Crippen molar-refractivity contribution in [2.24, 2.45) is 10.7 Å². The number of hydrogen-bond acceptors (Lipinski definition) is 4. The number of guanidine groups is 1. The van der Waals surface area contributed by atoms with Crippen LogP contribution in [0.2, 0.25) is 5.02 Å². The molecule has 2 unspecified atom stereocenters. The fourth-order valence-electron chi connectivity index (χ4n) is 2.80. The summed E-state index contributed by atoms with van der Waals surface area (Å²) in [5.74, 6) is 0.169. The first-order valence-corrected chi connectivity index (χ1v) is 7.16. The largest absolute Gasteiger partial charge is 0.376 e. The third kappa shape index (κ3) is 2.60. The van der Waals surface area contributed by atoms with E-state index in [0.29, 0.717) is 24.1 Å². The molecule has 1 fully saturated rings. The van der Waals surface area contributed by atoms with Crippen molar-refractivity contribution in [3.8, 4) is 0 Å². The molecule has 1 aromatic carbocycles. The smallest absolute Gasteiger partial charge is 0.192 e. The fourth-order valence-corrected chi connectivity index (χ4v) is 3.09. The maximum absolute atomic E-state index is 13.2. The first-order valence-electron chi connectivity index (χ1n) is 6.78. The molecule has 20 heavy (non-hydrogen) atoms. The van der Waals surface area contributed by atoms with Crippen molar-refractivity contribution in [3.63, 3.8) is 0 Å². The highest BCUT2D eigenvalue weighted by atomic mass is 35.5. The van der Waals surface area contributed by atoms with Crippen molar-refractivity contribution in [1.82, 2.24) is 4.90 Å². The van der Waals surface area contributed by atoms with E-state index in [-0.39, 0.29) is 18.0 Å². The van der Waals surface area contributed by atoms with Gasteiger partial charge in [0.2, 0.25) is 0 Å². The zero-order valence-electron chi connectivity index (χ0n) is 11.1. The number of nitrogens with zero attached hydrogens (tertiary/aromatic N) is 2. The first kappa shape index (κ1) is 13.6. The number of halogens is 2. The van der Waals surface area contributed by atoms with Gasteiger partial charge in [0.1, 0.15) is 5.82 Å². The SMILES string of the molecule is NC1=NCC(c2ccc(F)cc2Cl)N1CC1CCCO1. The number of aliphatic imine (C=N–C) groups is 1. The molecule has 0 aromatic heterocycles. The Hall–Kier alpha value is -1.33. The Balaban J connectivity index is 1.80. The predicted molar refractivity (Wildman–Crippen MR) is 76.3 cm³/mol. The molecule has 2 aliphatic heterocycles. The number of benzene rings is 1. The van der Waals surface area contributed by atoms with Gasteiger partial charge in [-0.1, -0.05) is 17.7 Å². The summed E-state index contributed by atoms with van der Waals surface area (Å²) < 4.78 is 18.8. The number of hydrogen-bond donors (Lipinski definition) is 1. The molecule has 0 aliphatic carbocycles. The lowest BCUT2D eigenvalue weighted by atomic mass is 10.1. The van der Waals surface area contributed by atoms with E-state index >= 15 is 0 Å². The van der Waals surface area contributed by atoms with Crippen molar-refractivity contribution in [1.29, 1.82) is 0 Å². The van der Waals surface area contributed by atoms with Crippen LogP contribution in [0.3, 0.4) is 0 Å². The molecule has 0 radical (unpaired) electrons. The van der Waals surface area contributed by atoms with Gasteiger partial charge in [0.05, 0.1) is 18.7 Å². The van der Waals surface area contributed by atoms with Gasteiger partial charge in [-0.3, -0.25) is 4.99 Å². The van der Waals surface area contributed by atoms with Crippen LogP contribution in [-0.4, -0.2) is 36.7 Å². The molecule has 2 heterocycles. The van der Waals surface area contributed by atoms with Crippen molar-refractivity contribution in [2.45, 2.75) is 25.0 Å². The van der Waals surface area contributed by atoms with E-state index in [2.05, 4.69) is 4.99 Å². The minimum atomic E-state index is -0.337. The zero-order valence-corrected chi connectivity index (χ0v) is 11.8. The molecular weight excluding hydrogens is 281 g/mol. The maximum Gasteiger partial charge on any atom is 0.192 e. The molecule has 2 N–H and O–H groups in total. The molecule has 2 atom stereocenters. The van der Waals surface area contributed by atoms with Gasteiger partial charge in [0, 0.05) is 18.2 Å². The molecule has 2 aliphatic rings. The molecule has 0 amide bonds. The molecule has 0 bridgehead atoms. The second-order valence-electron chi connectivity index (χ2n) is 5.17. The predicted octanol–water partition coefficient (Wildman–Crippen LogP) is 2.33. The normalized spacial score (nSPS) is 26.1. The van der Waals surface area contributed by atoms with Crippen LogP contribution in [0.5, 0.6) is 0 Å². The summed E-state index contributed by atoms with van der Waals surface area (Å²) in [5.41, 5.74) is 6.82. The summed E-state index contributed by atoms with van der Waals surface area (Å²) in [6.07, 6.45) is 2.30.